The molecule has 50 heavy (non-hydrogen) atoms. The van der Waals surface area contributed by atoms with Crippen molar-refractivity contribution in [2.75, 3.05) is 0 Å². The molecule has 0 radical (unpaired) electrons. The molecule has 0 spiro atoms. The molecule has 0 aliphatic rings. The second-order valence-electron chi connectivity index (χ2n) is 9.51. The van der Waals surface area contributed by atoms with Crippen molar-refractivity contribution in [1.29, 1.82) is 36.8 Å². The first-order valence-corrected chi connectivity index (χ1v) is 12.5. The summed E-state index contributed by atoms with van der Waals surface area (Å²) in [6.45, 7) is 0. The minimum atomic E-state index is -5.62. The molecule has 3 rings (SSSR count). The van der Waals surface area contributed by atoms with Crippen LogP contribution in [0.4, 0.5) is 52.7 Å². The van der Waals surface area contributed by atoms with Gasteiger partial charge in [-0.3, -0.25) is 0 Å². The Bertz CT molecular complexity index is 2400. The minimum absolute atomic E-state index is 0.262. The van der Waals surface area contributed by atoms with Crippen molar-refractivity contribution >= 4 is 11.1 Å². The summed E-state index contributed by atoms with van der Waals surface area (Å²) >= 11 is 0. The minimum Gasteiger partial charge on any atom is -0.192 e. The maximum atomic E-state index is 14.1. The molecule has 0 saturated carbocycles. The van der Waals surface area contributed by atoms with Crippen LogP contribution in [0.2, 0.25) is 0 Å². The van der Waals surface area contributed by atoms with Gasteiger partial charge in [-0.05, 0) is 30.3 Å². The SMILES string of the molecule is N#C/C(c1cc(C(F)(F)F)c(C#N)cc1C(F)(F)F)=c1/c(C#N)c/c(=C(\C#N)c2cc(C(F)(F)F)c(C#N)cc2C(F)(F)F)c(C#N)c1C#N. The van der Waals surface area contributed by atoms with Crippen LogP contribution in [0.25, 0.3) is 11.1 Å². The summed E-state index contributed by atoms with van der Waals surface area (Å²) < 4.78 is 167. The Morgan fingerprint density at radius 2 is 0.760 bits per heavy atom. The van der Waals surface area contributed by atoms with Crippen molar-refractivity contribution in [3.05, 3.63) is 102 Å². The molecule has 0 heterocycles. The van der Waals surface area contributed by atoms with Crippen molar-refractivity contribution in [2.24, 2.45) is 0 Å². The van der Waals surface area contributed by atoms with Crippen LogP contribution in [0.5, 0.6) is 0 Å². The van der Waals surface area contributed by atoms with E-state index in [2.05, 4.69) is 0 Å². The van der Waals surface area contributed by atoms with Crippen LogP contribution in [-0.4, -0.2) is 0 Å². The fourth-order valence-corrected chi connectivity index (χ4v) is 4.71. The lowest BCUT2D eigenvalue weighted by atomic mass is 9.87. The number of hydrogen-bond donors (Lipinski definition) is 0. The van der Waals surface area contributed by atoms with Gasteiger partial charge in [0.1, 0.15) is 24.3 Å². The summed E-state index contributed by atoms with van der Waals surface area (Å²) in [4.78, 5) is 0. The van der Waals surface area contributed by atoms with Crippen molar-refractivity contribution in [3.8, 4) is 42.5 Å². The van der Waals surface area contributed by atoms with Crippen molar-refractivity contribution in [1.82, 2.24) is 0 Å². The summed E-state index contributed by atoms with van der Waals surface area (Å²) in [5, 5.41) is 65.2. The van der Waals surface area contributed by atoms with Gasteiger partial charge in [-0.1, -0.05) is 0 Å². The molecule has 0 atom stereocenters. The van der Waals surface area contributed by atoms with Gasteiger partial charge < -0.3 is 0 Å². The highest BCUT2D eigenvalue weighted by atomic mass is 19.4. The molecule has 19 heteroatoms. The van der Waals surface area contributed by atoms with Crippen LogP contribution in [0.1, 0.15) is 61.2 Å². The lowest BCUT2D eigenvalue weighted by molar-refractivity contribution is -0.141. The van der Waals surface area contributed by atoms with Gasteiger partial charge in [-0.25, -0.2) is 0 Å². The lowest BCUT2D eigenvalue weighted by Gasteiger charge is -2.18. The monoisotopic (exact) mass is 703 g/mol. The largest absolute Gasteiger partial charge is 0.417 e. The predicted octanol–water partition coefficient (Wildman–Crippen LogP) is 6.57. The molecular weight excluding hydrogens is 698 g/mol. The molecule has 0 fully saturated rings. The first-order valence-electron chi connectivity index (χ1n) is 12.5. The molecule has 7 nitrogen and oxygen atoms in total. The molecule has 0 amide bonds. The summed E-state index contributed by atoms with van der Waals surface area (Å²) in [5.41, 5.74) is -21.4. The summed E-state index contributed by atoms with van der Waals surface area (Å²) in [6.07, 6.45) is -22.2. The third kappa shape index (κ3) is 6.69. The van der Waals surface area contributed by atoms with E-state index in [-0.39, 0.29) is 30.3 Å². The Balaban J connectivity index is 2.85. The average Bonchev–Trinajstić information content (AvgIpc) is 3.02. The number of rotatable bonds is 2. The van der Waals surface area contributed by atoms with E-state index in [1.807, 2.05) is 0 Å². The molecule has 0 unspecified atom stereocenters. The van der Waals surface area contributed by atoms with Crippen LogP contribution < -0.4 is 10.4 Å². The van der Waals surface area contributed by atoms with Crippen LogP contribution in [0.3, 0.4) is 0 Å². The van der Waals surface area contributed by atoms with Gasteiger partial charge in [-0.2, -0.15) is 89.5 Å². The highest BCUT2D eigenvalue weighted by molar-refractivity contribution is 5.85. The summed E-state index contributed by atoms with van der Waals surface area (Å²) in [6, 6.07) is 6.88. The molecule has 0 aliphatic heterocycles. The zero-order valence-corrected chi connectivity index (χ0v) is 23.6. The second kappa shape index (κ2) is 12.9. The molecule has 0 saturated heterocycles. The van der Waals surface area contributed by atoms with E-state index < -0.39 is 107 Å². The maximum Gasteiger partial charge on any atom is 0.417 e. The molecule has 0 aliphatic carbocycles. The van der Waals surface area contributed by atoms with Crippen LogP contribution >= 0.6 is 0 Å². The van der Waals surface area contributed by atoms with Gasteiger partial charge in [0.2, 0.25) is 0 Å². The second-order valence-corrected chi connectivity index (χ2v) is 9.51. The van der Waals surface area contributed by atoms with Crippen molar-refractivity contribution in [2.45, 2.75) is 24.7 Å². The summed E-state index contributed by atoms with van der Waals surface area (Å²) in [5.74, 6) is 0. The summed E-state index contributed by atoms with van der Waals surface area (Å²) in [7, 11) is 0. The molecule has 0 N–H and O–H groups in total. The number of hydrogen-bond acceptors (Lipinski definition) is 7. The highest BCUT2D eigenvalue weighted by Gasteiger charge is 2.42. The Labute approximate surface area is 270 Å². The van der Waals surface area contributed by atoms with Gasteiger partial charge in [0.25, 0.3) is 0 Å². The van der Waals surface area contributed by atoms with E-state index in [0.717, 1.165) is 24.3 Å². The standard InChI is InChI=1S/C31H5F12N7/c32-28(33,34)23-4-17(25(30(38,39)40)2-13(23)6-44)19(9-47)16-1-15(8-46)27(22(12-50)20(16)10-48)21(11-49)18-5-24(29(35,36)37)14(7-45)3-26(18)31(41,42)43/h1-5H/b19-16-,27-21+. The van der Waals surface area contributed by atoms with Crippen molar-refractivity contribution in [3.63, 3.8) is 0 Å². The molecule has 0 bridgehead atoms. The fraction of sp³-hybridized carbons (Fsp3) is 0.129. The Morgan fingerprint density at radius 3 is 1.06 bits per heavy atom. The van der Waals surface area contributed by atoms with Gasteiger partial charge in [0.15, 0.2) is 0 Å². The van der Waals surface area contributed by atoms with Crippen LogP contribution in [0.15, 0.2) is 30.3 Å². The number of halogens is 12. The van der Waals surface area contributed by atoms with E-state index in [1.165, 1.54) is 18.2 Å². The number of nitrogens with zero attached hydrogens (tertiary/aromatic N) is 7. The van der Waals surface area contributed by atoms with E-state index in [0.29, 0.717) is 0 Å². The van der Waals surface area contributed by atoms with E-state index in [9.17, 15) is 79.0 Å². The third-order valence-electron chi connectivity index (χ3n) is 6.73. The highest BCUT2D eigenvalue weighted by Crippen LogP contribution is 2.42. The quantitative estimate of drug-likeness (QED) is 0.272. The molecule has 0 aromatic heterocycles. The van der Waals surface area contributed by atoms with E-state index in [1.54, 1.807) is 0 Å². The number of benzene rings is 3. The van der Waals surface area contributed by atoms with Crippen LogP contribution in [-0.2, 0) is 24.7 Å². The lowest BCUT2D eigenvalue weighted by Crippen LogP contribution is -2.27. The predicted molar refractivity (Wildman–Crippen MR) is 138 cm³/mol. The van der Waals surface area contributed by atoms with Gasteiger partial charge >= 0.3 is 24.7 Å². The normalized spacial score (nSPS) is 12.9. The number of alkyl halides is 12. The molecular formula is C31H5F12N7. The van der Waals surface area contributed by atoms with E-state index >= 15 is 0 Å². The maximum absolute atomic E-state index is 14.1. The van der Waals surface area contributed by atoms with Gasteiger partial charge in [-0.15, -0.1) is 0 Å². The fourth-order valence-electron chi connectivity index (χ4n) is 4.71. The Kier molecular flexibility index (Phi) is 9.65. The Morgan fingerprint density at radius 1 is 0.400 bits per heavy atom. The topological polar surface area (TPSA) is 167 Å². The molecule has 3 aromatic carbocycles. The molecule has 3 aromatic rings. The zero-order chi connectivity index (χ0) is 38.1. The average molecular weight is 703 g/mol. The smallest absolute Gasteiger partial charge is 0.192 e. The zero-order valence-electron chi connectivity index (χ0n) is 23.6. The molecule has 248 valence electrons. The van der Waals surface area contributed by atoms with Gasteiger partial charge in [0.05, 0.1) is 79.4 Å². The first-order chi connectivity index (χ1) is 23.0. The van der Waals surface area contributed by atoms with Crippen molar-refractivity contribution < 1.29 is 52.7 Å². The number of nitriles is 7. The third-order valence-corrected chi connectivity index (χ3v) is 6.73. The Hall–Kier alpha value is -7.01. The van der Waals surface area contributed by atoms with Gasteiger partial charge in [0, 0.05) is 21.6 Å². The van der Waals surface area contributed by atoms with E-state index in [4.69, 9.17) is 10.5 Å². The first kappa shape index (κ1) is 37.4. The van der Waals surface area contributed by atoms with Crippen LogP contribution in [0, 0.1) is 79.3 Å².